The number of halogens is 4. The van der Waals surface area contributed by atoms with E-state index in [1.54, 1.807) is 24.3 Å². The molecule has 1 aliphatic rings. The van der Waals surface area contributed by atoms with Gasteiger partial charge in [-0.25, -0.2) is 8.42 Å². The van der Waals surface area contributed by atoms with Crippen LogP contribution in [0.5, 0.6) is 0 Å². The van der Waals surface area contributed by atoms with Gasteiger partial charge in [-0.15, -0.1) is 0 Å². The standard InChI is InChI=1S/C18H21ClF3N3O3S/c19-14-4-2-1-3-13(14)10-25(7-5-12-6-8-29(27,28)11-12)17(26)15(23)9-16(24)18(20,21)22/h1-4,9,12,24H,5-8,10-11,23H2/p+1/b15-9-,24-16?. The fourth-order valence-corrected chi connectivity index (χ4v) is 5.12. The van der Waals surface area contributed by atoms with E-state index in [1.165, 1.54) is 4.90 Å². The molecule has 1 amide bonds. The topological polar surface area (TPSA) is 106 Å². The molecular weight excluding hydrogens is 431 g/mol. The molecule has 0 spiro atoms. The summed E-state index contributed by atoms with van der Waals surface area (Å²) < 4.78 is 61.2. The molecule has 160 valence electrons. The second kappa shape index (κ2) is 9.17. The lowest BCUT2D eigenvalue weighted by molar-refractivity contribution is -0.165. The first-order valence-electron chi connectivity index (χ1n) is 8.79. The number of amides is 1. The Morgan fingerprint density at radius 3 is 2.55 bits per heavy atom. The molecule has 11 heteroatoms. The zero-order valence-electron chi connectivity index (χ0n) is 15.5. The Bertz CT molecular complexity index is 916. The number of benzene rings is 1. The zero-order chi connectivity index (χ0) is 21.8. The lowest BCUT2D eigenvalue weighted by Gasteiger charge is -2.24. The quantitative estimate of drug-likeness (QED) is 0.477. The number of carbonyl (C=O) groups is 1. The van der Waals surface area contributed by atoms with E-state index in [0.29, 0.717) is 29.5 Å². The lowest BCUT2D eigenvalue weighted by Crippen LogP contribution is -2.48. The maximum atomic E-state index is 12.7. The van der Waals surface area contributed by atoms with Gasteiger partial charge in [0, 0.05) is 24.2 Å². The van der Waals surface area contributed by atoms with Crippen LogP contribution < -0.4 is 11.1 Å². The molecule has 1 aliphatic heterocycles. The van der Waals surface area contributed by atoms with E-state index < -0.39 is 33.3 Å². The molecule has 1 atom stereocenters. The minimum atomic E-state index is -4.81. The minimum absolute atomic E-state index is 0.0123. The summed E-state index contributed by atoms with van der Waals surface area (Å²) >= 11 is 6.13. The van der Waals surface area contributed by atoms with Crippen LogP contribution in [0.2, 0.25) is 5.02 Å². The van der Waals surface area contributed by atoms with Gasteiger partial charge >= 0.3 is 6.18 Å². The van der Waals surface area contributed by atoms with E-state index in [9.17, 15) is 26.4 Å². The largest absolute Gasteiger partial charge is 0.476 e. The monoisotopic (exact) mass is 452 g/mol. The molecule has 0 saturated carbocycles. The summed E-state index contributed by atoms with van der Waals surface area (Å²) in [6.45, 7) is 0.128. The summed E-state index contributed by atoms with van der Waals surface area (Å²) in [5.74, 6) is -0.840. The number of rotatable bonds is 7. The summed E-state index contributed by atoms with van der Waals surface area (Å²) in [5.41, 5.74) is 4.02. The van der Waals surface area contributed by atoms with E-state index in [4.69, 9.17) is 22.7 Å². The minimum Gasteiger partial charge on any atom is -0.394 e. The third kappa shape index (κ3) is 6.74. The first-order valence-corrected chi connectivity index (χ1v) is 11.0. The number of allylic oxidation sites excluding steroid dienone is 1. The van der Waals surface area contributed by atoms with Crippen molar-refractivity contribution in [3.63, 3.8) is 0 Å². The SMILES string of the molecule is N/C(=C\C(=[NH2+])C(F)(F)F)C(=O)N(CCC1CCS(=O)(=O)C1)Cc1ccccc1Cl. The summed E-state index contributed by atoms with van der Waals surface area (Å²) in [5, 5.41) is 5.33. The first-order chi connectivity index (χ1) is 13.4. The molecule has 1 unspecified atom stereocenters. The maximum absolute atomic E-state index is 12.7. The van der Waals surface area contributed by atoms with Gasteiger partial charge in [0.05, 0.1) is 11.5 Å². The predicted octanol–water partition coefficient (Wildman–Crippen LogP) is 1.10. The highest BCUT2D eigenvalue weighted by Gasteiger charge is 2.39. The molecule has 6 nitrogen and oxygen atoms in total. The predicted molar refractivity (Wildman–Crippen MR) is 104 cm³/mol. The van der Waals surface area contributed by atoms with Crippen LogP contribution in [0.15, 0.2) is 36.0 Å². The van der Waals surface area contributed by atoms with Gasteiger partial charge in [0.1, 0.15) is 5.70 Å². The van der Waals surface area contributed by atoms with Gasteiger partial charge in [-0.05, 0) is 30.4 Å². The van der Waals surface area contributed by atoms with Crippen LogP contribution in [0.1, 0.15) is 18.4 Å². The normalized spacial score (nSPS) is 19.2. The van der Waals surface area contributed by atoms with Crippen molar-refractivity contribution in [3.05, 3.63) is 46.6 Å². The van der Waals surface area contributed by atoms with Crippen molar-refractivity contribution in [1.82, 2.24) is 4.90 Å². The summed E-state index contributed by atoms with van der Waals surface area (Å²) in [6, 6.07) is 6.72. The van der Waals surface area contributed by atoms with E-state index in [0.717, 1.165) is 0 Å². The molecule has 1 fully saturated rings. The fraction of sp³-hybridized carbons (Fsp3) is 0.444. The van der Waals surface area contributed by atoms with E-state index in [2.05, 4.69) is 0 Å². The van der Waals surface area contributed by atoms with Crippen LogP contribution in [0.4, 0.5) is 13.2 Å². The van der Waals surface area contributed by atoms with Gasteiger partial charge in [-0.2, -0.15) is 13.2 Å². The van der Waals surface area contributed by atoms with Crippen molar-refractivity contribution < 1.29 is 31.8 Å². The van der Waals surface area contributed by atoms with E-state index >= 15 is 0 Å². The highest BCUT2D eigenvalue weighted by Crippen LogP contribution is 2.24. The van der Waals surface area contributed by atoms with Crippen molar-refractivity contribution in [2.24, 2.45) is 11.7 Å². The third-order valence-electron chi connectivity index (χ3n) is 4.63. The smallest absolute Gasteiger partial charge is 0.394 e. The maximum Gasteiger partial charge on any atom is 0.476 e. The molecule has 1 aromatic rings. The van der Waals surface area contributed by atoms with Crippen molar-refractivity contribution in [1.29, 1.82) is 0 Å². The number of hydrogen-bond acceptors (Lipinski definition) is 4. The van der Waals surface area contributed by atoms with Gasteiger partial charge in [-0.3, -0.25) is 10.2 Å². The number of nitrogens with zero attached hydrogens (tertiary/aromatic N) is 1. The van der Waals surface area contributed by atoms with Gasteiger partial charge in [0.25, 0.3) is 11.6 Å². The molecule has 2 rings (SSSR count). The van der Waals surface area contributed by atoms with Crippen LogP contribution in [0.25, 0.3) is 0 Å². The van der Waals surface area contributed by atoms with Crippen molar-refractivity contribution in [2.45, 2.75) is 25.6 Å². The average molecular weight is 453 g/mol. The van der Waals surface area contributed by atoms with Gasteiger partial charge in [0.15, 0.2) is 9.84 Å². The summed E-state index contributed by atoms with van der Waals surface area (Å²) in [6.07, 6.45) is -3.56. The second-order valence-corrected chi connectivity index (χ2v) is 9.56. The van der Waals surface area contributed by atoms with Crippen LogP contribution in [0, 0.1) is 5.92 Å². The number of sulfone groups is 1. The molecule has 1 heterocycles. The Hall–Kier alpha value is -2.07. The first kappa shape index (κ1) is 23.2. The van der Waals surface area contributed by atoms with Crippen molar-refractivity contribution in [3.8, 4) is 0 Å². The van der Waals surface area contributed by atoms with Crippen molar-refractivity contribution >= 4 is 33.1 Å². The van der Waals surface area contributed by atoms with Gasteiger partial charge in [-0.1, -0.05) is 29.8 Å². The molecule has 29 heavy (non-hydrogen) atoms. The lowest BCUT2D eigenvalue weighted by atomic mass is 10.0. The third-order valence-corrected chi connectivity index (χ3v) is 6.83. The van der Waals surface area contributed by atoms with E-state index in [1.807, 2.05) is 0 Å². The Labute approximate surface area is 171 Å². The molecule has 4 N–H and O–H groups in total. The Morgan fingerprint density at radius 2 is 2.00 bits per heavy atom. The summed E-state index contributed by atoms with van der Waals surface area (Å²) in [7, 11) is -3.08. The van der Waals surface area contributed by atoms with Crippen LogP contribution in [-0.2, 0) is 21.2 Å². The van der Waals surface area contributed by atoms with E-state index in [-0.39, 0.29) is 30.5 Å². The number of nitrogens with two attached hydrogens (primary N) is 2. The van der Waals surface area contributed by atoms with Gasteiger partial charge < -0.3 is 10.6 Å². The van der Waals surface area contributed by atoms with Crippen LogP contribution in [-0.4, -0.2) is 49.2 Å². The molecule has 1 aromatic carbocycles. The van der Waals surface area contributed by atoms with Crippen molar-refractivity contribution in [2.75, 3.05) is 18.1 Å². The molecule has 0 radical (unpaired) electrons. The Morgan fingerprint density at radius 1 is 1.34 bits per heavy atom. The van der Waals surface area contributed by atoms with Crippen LogP contribution in [0.3, 0.4) is 0 Å². The van der Waals surface area contributed by atoms with Gasteiger partial charge in [0.2, 0.25) is 0 Å². The Balaban J connectivity index is 2.19. The number of alkyl halides is 3. The zero-order valence-corrected chi connectivity index (χ0v) is 17.0. The molecule has 1 saturated heterocycles. The molecular formula is C18H22ClF3N3O3S+. The Kier molecular flexibility index (Phi) is 7.34. The molecule has 0 bridgehead atoms. The molecule has 0 aliphatic carbocycles. The molecule has 0 aromatic heterocycles. The average Bonchev–Trinajstić information content (AvgIpc) is 2.97. The fourth-order valence-electron chi connectivity index (χ4n) is 3.02. The number of hydrogen-bond donors (Lipinski definition) is 2. The number of carbonyl (C=O) groups excluding carboxylic acids is 1. The second-order valence-electron chi connectivity index (χ2n) is 6.93. The highest BCUT2D eigenvalue weighted by molar-refractivity contribution is 7.91. The summed E-state index contributed by atoms with van der Waals surface area (Å²) in [4.78, 5) is 13.9. The van der Waals surface area contributed by atoms with Crippen LogP contribution >= 0.6 is 11.6 Å². The highest BCUT2D eigenvalue weighted by atomic mass is 35.5.